The number of hydrogen-bond acceptors (Lipinski definition) is 1. The maximum absolute atomic E-state index is 4.12. The fourth-order valence-corrected chi connectivity index (χ4v) is 4.79. The van der Waals surface area contributed by atoms with Crippen molar-refractivity contribution >= 4 is 10.8 Å². The first-order valence-electron chi connectivity index (χ1n) is 12.5. The van der Waals surface area contributed by atoms with Crippen LogP contribution in [0.3, 0.4) is 0 Å². The monoisotopic (exact) mass is 461 g/mol. The lowest BCUT2D eigenvalue weighted by atomic mass is 9.95. The molecule has 0 radical (unpaired) electrons. The summed E-state index contributed by atoms with van der Waals surface area (Å²) in [6.45, 7) is 2.19. The Morgan fingerprint density at radius 3 is 1.19 bits per heavy atom. The minimum absolute atomic E-state index is 1.07. The smallest absolute Gasteiger partial charge is 0.0273 e. The van der Waals surface area contributed by atoms with Gasteiger partial charge in [-0.1, -0.05) is 104 Å². The minimum Gasteiger partial charge on any atom is -0.265 e. The molecule has 0 aliphatic rings. The van der Waals surface area contributed by atoms with Crippen LogP contribution in [0.25, 0.3) is 55.3 Å². The van der Waals surface area contributed by atoms with Crippen LogP contribution in [-0.4, -0.2) is 4.98 Å². The lowest BCUT2D eigenvalue weighted by molar-refractivity contribution is 1.14. The number of rotatable bonds is 5. The van der Waals surface area contributed by atoms with Crippen molar-refractivity contribution in [1.29, 1.82) is 0 Å². The van der Waals surface area contributed by atoms with E-state index in [1.165, 1.54) is 60.8 Å². The number of fused-ring (bicyclic) bond motifs is 1. The van der Waals surface area contributed by atoms with E-state index in [1.807, 2.05) is 24.5 Å². The Morgan fingerprint density at radius 1 is 0.389 bits per heavy atom. The molecule has 0 saturated carbocycles. The highest BCUT2D eigenvalue weighted by Gasteiger charge is 2.05. The molecule has 0 atom stereocenters. The highest BCUT2D eigenvalue weighted by Crippen LogP contribution is 2.31. The van der Waals surface area contributed by atoms with Gasteiger partial charge in [0.25, 0.3) is 0 Å². The van der Waals surface area contributed by atoms with Crippen LogP contribution < -0.4 is 0 Å². The van der Waals surface area contributed by atoms with Gasteiger partial charge in [0.05, 0.1) is 0 Å². The van der Waals surface area contributed by atoms with E-state index in [2.05, 4.69) is 121 Å². The number of pyridine rings is 1. The first-order chi connectivity index (χ1) is 17.8. The van der Waals surface area contributed by atoms with Crippen molar-refractivity contribution in [2.45, 2.75) is 13.3 Å². The summed E-state index contributed by atoms with van der Waals surface area (Å²) in [4.78, 5) is 4.12. The van der Waals surface area contributed by atoms with Crippen LogP contribution in [0.4, 0.5) is 0 Å². The topological polar surface area (TPSA) is 12.9 Å². The van der Waals surface area contributed by atoms with Crippen LogP contribution in [-0.2, 0) is 6.42 Å². The van der Waals surface area contributed by atoms with Gasteiger partial charge in [-0.3, -0.25) is 4.98 Å². The molecule has 0 N–H and O–H groups in total. The Kier molecular flexibility index (Phi) is 5.89. The summed E-state index contributed by atoms with van der Waals surface area (Å²) < 4.78 is 0. The van der Waals surface area contributed by atoms with Gasteiger partial charge in [-0.25, -0.2) is 0 Å². The highest BCUT2D eigenvalue weighted by molar-refractivity contribution is 5.91. The molecule has 0 aliphatic carbocycles. The lowest BCUT2D eigenvalue weighted by Crippen LogP contribution is -1.84. The van der Waals surface area contributed by atoms with Crippen molar-refractivity contribution in [2.75, 3.05) is 0 Å². The summed E-state index contributed by atoms with van der Waals surface area (Å²) in [5.74, 6) is 0. The average Bonchev–Trinajstić information content (AvgIpc) is 2.97. The number of benzene rings is 5. The van der Waals surface area contributed by atoms with Gasteiger partial charge in [0, 0.05) is 12.4 Å². The molecular formula is C35H27N. The Bertz CT molecular complexity index is 1610. The van der Waals surface area contributed by atoms with E-state index < -0.39 is 0 Å². The first kappa shape index (κ1) is 22.0. The summed E-state index contributed by atoms with van der Waals surface area (Å²) in [5, 5.41) is 2.51. The van der Waals surface area contributed by atoms with Crippen molar-refractivity contribution in [2.24, 2.45) is 0 Å². The molecule has 0 aliphatic heterocycles. The van der Waals surface area contributed by atoms with E-state index >= 15 is 0 Å². The van der Waals surface area contributed by atoms with Gasteiger partial charge in [0.2, 0.25) is 0 Å². The molecule has 0 saturated heterocycles. The molecule has 1 aromatic heterocycles. The van der Waals surface area contributed by atoms with Crippen molar-refractivity contribution < 1.29 is 0 Å². The van der Waals surface area contributed by atoms with Crippen molar-refractivity contribution in [3.05, 3.63) is 139 Å². The van der Waals surface area contributed by atoms with E-state index in [1.54, 1.807) is 0 Å². The van der Waals surface area contributed by atoms with Crippen LogP contribution in [0, 0.1) is 0 Å². The van der Waals surface area contributed by atoms with Gasteiger partial charge in [-0.05, 0) is 91.5 Å². The molecule has 36 heavy (non-hydrogen) atoms. The van der Waals surface area contributed by atoms with E-state index in [0.717, 1.165) is 6.42 Å². The fourth-order valence-electron chi connectivity index (χ4n) is 4.79. The third-order valence-corrected chi connectivity index (χ3v) is 6.99. The summed E-state index contributed by atoms with van der Waals surface area (Å²) in [5.41, 5.74) is 11.2. The Labute approximate surface area is 212 Å². The Hall–Kier alpha value is -4.49. The molecule has 0 fully saturated rings. The van der Waals surface area contributed by atoms with Gasteiger partial charge in [0.1, 0.15) is 0 Å². The van der Waals surface area contributed by atoms with Gasteiger partial charge in [-0.15, -0.1) is 0 Å². The number of aryl methyl sites for hydroxylation is 1. The maximum atomic E-state index is 4.12. The number of nitrogens with zero attached hydrogens (tertiary/aromatic N) is 1. The van der Waals surface area contributed by atoms with Crippen LogP contribution in [0.1, 0.15) is 12.5 Å². The summed E-state index contributed by atoms with van der Waals surface area (Å²) in [7, 11) is 0. The van der Waals surface area contributed by atoms with Crippen LogP contribution >= 0.6 is 0 Å². The molecule has 0 bridgehead atoms. The van der Waals surface area contributed by atoms with E-state index in [0.29, 0.717) is 0 Å². The molecular weight excluding hydrogens is 434 g/mol. The van der Waals surface area contributed by atoms with Gasteiger partial charge >= 0.3 is 0 Å². The van der Waals surface area contributed by atoms with Crippen LogP contribution in [0.2, 0.25) is 0 Å². The Morgan fingerprint density at radius 2 is 0.750 bits per heavy atom. The van der Waals surface area contributed by atoms with E-state index in [9.17, 15) is 0 Å². The summed E-state index contributed by atoms with van der Waals surface area (Å²) >= 11 is 0. The van der Waals surface area contributed by atoms with Gasteiger partial charge < -0.3 is 0 Å². The summed E-state index contributed by atoms with van der Waals surface area (Å²) in [6, 6.07) is 44.1. The molecule has 1 heteroatoms. The zero-order valence-electron chi connectivity index (χ0n) is 20.4. The predicted molar refractivity (Wildman–Crippen MR) is 153 cm³/mol. The van der Waals surface area contributed by atoms with Crippen LogP contribution in [0.5, 0.6) is 0 Å². The number of hydrogen-bond donors (Lipinski definition) is 0. The van der Waals surface area contributed by atoms with Crippen molar-refractivity contribution in [3.63, 3.8) is 0 Å². The molecule has 1 heterocycles. The summed E-state index contributed by atoms with van der Waals surface area (Å²) in [6.07, 6.45) is 4.74. The van der Waals surface area contributed by atoms with Gasteiger partial charge in [-0.2, -0.15) is 0 Å². The molecule has 6 rings (SSSR count). The minimum atomic E-state index is 1.07. The zero-order chi connectivity index (χ0) is 24.3. The standard InChI is InChI=1S/C35H27N/c1-2-25-3-5-26(6-4-25)27-7-11-29(12-8-27)33-17-15-31-16-18-34(24-35(31)23-33)30-13-9-28(10-14-30)32-19-21-36-22-20-32/h3-24H,2H2,1H3. The molecule has 0 spiro atoms. The van der Waals surface area contributed by atoms with Crippen molar-refractivity contribution in [1.82, 2.24) is 4.98 Å². The quantitative estimate of drug-likeness (QED) is 0.249. The highest BCUT2D eigenvalue weighted by atomic mass is 14.6. The second kappa shape index (κ2) is 9.64. The molecule has 1 nitrogen and oxygen atoms in total. The SMILES string of the molecule is CCc1ccc(-c2ccc(-c3ccc4ccc(-c5ccc(-c6ccncc6)cc5)cc4c3)cc2)cc1. The lowest BCUT2D eigenvalue weighted by Gasteiger charge is -2.09. The Balaban J connectivity index is 1.28. The second-order valence-corrected chi connectivity index (χ2v) is 9.22. The van der Waals surface area contributed by atoms with Gasteiger partial charge in [0.15, 0.2) is 0 Å². The molecule has 5 aromatic carbocycles. The van der Waals surface area contributed by atoms with E-state index in [-0.39, 0.29) is 0 Å². The third-order valence-electron chi connectivity index (χ3n) is 6.99. The molecule has 0 unspecified atom stereocenters. The maximum Gasteiger partial charge on any atom is 0.0273 e. The molecule has 0 amide bonds. The predicted octanol–water partition coefficient (Wildman–Crippen LogP) is 9.47. The van der Waals surface area contributed by atoms with E-state index in [4.69, 9.17) is 0 Å². The zero-order valence-corrected chi connectivity index (χ0v) is 20.4. The normalized spacial score (nSPS) is 11.0. The number of aromatic nitrogens is 1. The second-order valence-electron chi connectivity index (χ2n) is 9.22. The van der Waals surface area contributed by atoms with Crippen LogP contribution in [0.15, 0.2) is 134 Å². The first-order valence-corrected chi connectivity index (χ1v) is 12.5. The fraction of sp³-hybridized carbons (Fsp3) is 0.0571. The largest absolute Gasteiger partial charge is 0.265 e. The molecule has 172 valence electrons. The molecule has 6 aromatic rings. The third kappa shape index (κ3) is 4.44. The average molecular weight is 462 g/mol. The van der Waals surface area contributed by atoms with Crippen molar-refractivity contribution in [3.8, 4) is 44.5 Å².